The maximum absolute atomic E-state index is 14.9. The Kier molecular flexibility index (Phi) is 7.51. The third-order valence-electron chi connectivity index (χ3n) is 7.34. The monoisotopic (exact) mass is 539 g/mol. The first kappa shape index (κ1) is 26.9. The van der Waals surface area contributed by atoms with Crippen molar-refractivity contribution in [2.75, 3.05) is 7.11 Å². The van der Waals surface area contributed by atoms with E-state index in [4.69, 9.17) is 4.74 Å². The quantitative estimate of drug-likeness (QED) is 0.285. The van der Waals surface area contributed by atoms with E-state index in [-0.39, 0.29) is 36.6 Å². The van der Waals surface area contributed by atoms with Gasteiger partial charge in [0.05, 0.1) is 18.7 Å². The molecule has 7 nitrogen and oxygen atoms in total. The Bertz CT molecular complexity index is 1670. The number of aryl methyl sites for hydroxylation is 1. The molecule has 3 N–H and O–H groups in total. The number of nitrogens with one attached hydrogen (secondary N) is 3. The minimum Gasteiger partial charge on any atom is -0.496 e. The Hall–Kier alpha value is -4.72. The van der Waals surface area contributed by atoms with Gasteiger partial charge in [0.15, 0.2) is 5.78 Å². The summed E-state index contributed by atoms with van der Waals surface area (Å²) in [5.41, 5.74) is 4.94. The molecule has 2 amide bonds. The zero-order chi connectivity index (χ0) is 28.4. The van der Waals surface area contributed by atoms with Crippen molar-refractivity contribution in [1.82, 2.24) is 15.6 Å². The Morgan fingerprint density at radius 1 is 1.07 bits per heavy atom. The van der Waals surface area contributed by atoms with E-state index in [1.54, 1.807) is 20.1 Å². The molecule has 0 saturated heterocycles. The van der Waals surface area contributed by atoms with Crippen LogP contribution >= 0.6 is 0 Å². The van der Waals surface area contributed by atoms with E-state index in [9.17, 15) is 18.8 Å². The molecule has 1 atom stereocenters. The van der Waals surface area contributed by atoms with Crippen LogP contribution in [0.3, 0.4) is 0 Å². The minimum absolute atomic E-state index is 0.0984. The highest BCUT2D eigenvalue weighted by atomic mass is 19.1. The molecule has 1 unspecified atom stereocenters. The van der Waals surface area contributed by atoms with Crippen molar-refractivity contribution < 1.29 is 23.5 Å². The number of aromatic amines is 1. The highest BCUT2D eigenvalue weighted by molar-refractivity contribution is 6.02. The first-order chi connectivity index (χ1) is 19.2. The molecule has 204 valence electrons. The number of hydrogen-bond acceptors (Lipinski definition) is 4. The second kappa shape index (κ2) is 11.2. The normalized spacial score (nSPS) is 15.2. The Labute approximate surface area is 231 Å². The maximum Gasteiger partial charge on any atom is 0.254 e. The summed E-state index contributed by atoms with van der Waals surface area (Å²) >= 11 is 0. The number of H-pyrrole nitrogens is 1. The molecule has 0 radical (unpaired) electrons. The summed E-state index contributed by atoms with van der Waals surface area (Å²) in [4.78, 5) is 42.3. The second-order valence-corrected chi connectivity index (χ2v) is 10.0. The van der Waals surface area contributed by atoms with Crippen molar-refractivity contribution in [3.05, 3.63) is 112 Å². The van der Waals surface area contributed by atoms with E-state index in [0.29, 0.717) is 22.5 Å². The number of ether oxygens (including phenoxy) is 1. The molecule has 0 fully saturated rings. The summed E-state index contributed by atoms with van der Waals surface area (Å²) in [5.74, 6) is -1.07. The van der Waals surface area contributed by atoms with E-state index in [0.717, 1.165) is 27.6 Å². The molecular weight excluding hydrogens is 509 g/mol. The molecule has 3 aromatic carbocycles. The number of carbonyl (C=O) groups is 3. The number of amides is 2. The van der Waals surface area contributed by atoms with E-state index >= 15 is 0 Å². The van der Waals surface area contributed by atoms with Gasteiger partial charge in [0.25, 0.3) is 5.91 Å². The van der Waals surface area contributed by atoms with E-state index in [2.05, 4.69) is 15.6 Å². The standard InChI is InChI=1S/C32H30FN3O4/c1-18-5-4-6-28(40-3)24(18)17-35-32(39)23-16-22(8-9-25(23)33)31-30(19(2)13-29(38)36-31)27(37)15-20-7-10-26-21(14-20)11-12-34-26/h4-12,14,16,31,34H,13,15,17H2,1-3H3,(H,35,39)(H,36,38). The zero-order valence-corrected chi connectivity index (χ0v) is 22.6. The fraction of sp³-hybridized carbons (Fsp3) is 0.219. The van der Waals surface area contributed by atoms with Crippen molar-refractivity contribution in [2.45, 2.75) is 39.3 Å². The van der Waals surface area contributed by atoms with Gasteiger partial charge in [-0.2, -0.15) is 0 Å². The van der Waals surface area contributed by atoms with Gasteiger partial charge in [0.1, 0.15) is 11.6 Å². The molecule has 0 bridgehead atoms. The first-order valence-corrected chi connectivity index (χ1v) is 13.0. The van der Waals surface area contributed by atoms with Crippen LogP contribution in [0.15, 0.2) is 78.0 Å². The van der Waals surface area contributed by atoms with Crippen LogP contribution in [-0.2, 0) is 22.6 Å². The van der Waals surface area contributed by atoms with Crippen molar-refractivity contribution in [3.63, 3.8) is 0 Å². The predicted molar refractivity (Wildman–Crippen MR) is 151 cm³/mol. The molecule has 1 aliphatic heterocycles. The lowest BCUT2D eigenvalue weighted by atomic mass is 9.85. The minimum atomic E-state index is -0.798. The van der Waals surface area contributed by atoms with Crippen LogP contribution in [0.5, 0.6) is 5.75 Å². The fourth-order valence-corrected chi connectivity index (χ4v) is 5.26. The molecule has 8 heteroatoms. The van der Waals surface area contributed by atoms with Crippen molar-refractivity contribution in [2.24, 2.45) is 0 Å². The largest absolute Gasteiger partial charge is 0.496 e. The summed E-state index contributed by atoms with van der Waals surface area (Å²) in [6.07, 6.45) is 2.09. The molecule has 4 aromatic rings. The number of ketones is 1. The van der Waals surface area contributed by atoms with Gasteiger partial charge in [0.2, 0.25) is 5.91 Å². The van der Waals surface area contributed by atoms with Gasteiger partial charge in [-0.05, 0) is 72.3 Å². The molecule has 2 heterocycles. The predicted octanol–water partition coefficient (Wildman–Crippen LogP) is 5.24. The SMILES string of the molecule is COc1cccc(C)c1CNC(=O)c1cc(C2NC(=O)CC(C)=C2C(=O)Cc2ccc3[nH]ccc3c2)ccc1F. The number of benzene rings is 3. The first-order valence-electron chi connectivity index (χ1n) is 13.0. The van der Waals surface area contributed by atoms with Gasteiger partial charge >= 0.3 is 0 Å². The number of carbonyl (C=O) groups excluding carboxylic acids is 3. The molecule has 40 heavy (non-hydrogen) atoms. The van der Waals surface area contributed by atoms with E-state index in [1.807, 2.05) is 49.5 Å². The topological polar surface area (TPSA) is 100 Å². The number of aromatic nitrogens is 1. The van der Waals surface area contributed by atoms with Crippen LogP contribution in [-0.4, -0.2) is 29.7 Å². The molecule has 0 aliphatic carbocycles. The Morgan fingerprint density at radius 3 is 2.70 bits per heavy atom. The number of fused-ring (bicyclic) bond motifs is 1. The highest BCUT2D eigenvalue weighted by Gasteiger charge is 2.31. The smallest absolute Gasteiger partial charge is 0.254 e. The summed E-state index contributed by atoms with van der Waals surface area (Å²) in [6, 6.07) is 16.6. The van der Waals surface area contributed by atoms with Gasteiger partial charge in [-0.3, -0.25) is 14.4 Å². The van der Waals surface area contributed by atoms with Crippen LogP contribution in [0.1, 0.15) is 52.0 Å². The number of methoxy groups -OCH3 is 1. The number of Topliss-reactive ketones (excluding diaryl/α,β-unsaturated/α-hetero) is 1. The highest BCUT2D eigenvalue weighted by Crippen LogP contribution is 2.32. The number of halogens is 1. The summed E-state index contributed by atoms with van der Waals surface area (Å²) in [5, 5.41) is 6.65. The van der Waals surface area contributed by atoms with Crippen LogP contribution in [0.2, 0.25) is 0 Å². The number of rotatable bonds is 8. The van der Waals surface area contributed by atoms with Crippen LogP contribution in [0.4, 0.5) is 4.39 Å². The molecule has 0 saturated carbocycles. The fourth-order valence-electron chi connectivity index (χ4n) is 5.26. The van der Waals surface area contributed by atoms with Gasteiger partial charge in [-0.1, -0.05) is 29.8 Å². The summed E-state index contributed by atoms with van der Waals surface area (Å²) < 4.78 is 20.3. The average molecular weight is 540 g/mol. The van der Waals surface area contributed by atoms with Crippen molar-refractivity contribution in [3.8, 4) is 5.75 Å². The van der Waals surface area contributed by atoms with Crippen molar-refractivity contribution >= 4 is 28.5 Å². The third kappa shape index (κ3) is 5.38. The van der Waals surface area contributed by atoms with Crippen LogP contribution in [0, 0.1) is 12.7 Å². The lowest BCUT2D eigenvalue weighted by molar-refractivity contribution is -0.121. The lowest BCUT2D eigenvalue weighted by Gasteiger charge is -2.28. The zero-order valence-electron chi connectivity index (χ0n) is 22.6. The maximum atomic E-state index is 14.9. The lowest BCUT2D eigenvalue weighted by Crippen LogP contribution is -2.37. The van der Waals surface area contributed by atoms with Crippen LogP contribution in [0.25, 0.3) is 10.9 Å². The summed E-state index contributed by atoms with van der Waals surface area (Å²) in [6.45, 7) is 3.81. The summed E-state index contributed by atoms with van der Waals surface area (Å²) in [7, 11) is 1.55. The Balaban J connectivity index is 1.41. The average Bonchev–Trinajstić information content (AvgIpc) is 3.39. The molecule has 0 spiro atoms. The van der Waals surface area contributed by atoms with Gasteiger partial charge in [-0.15, -0.1) is 0 Å². The Morgan fingerprint density at radius 2 is 1.90 bits per heavy atom. The molecule has 5 rings (SSSR count). The second-order valence-electron chi connectivity index (χ2n) is 10.0. The molecule has 1 aliphatic rings. The van der Waals surface area contributed by atoms with E-state index in [1.165, 1.54) is 18.2 Å². The van der Waals surface area contributed by atoms with Gasteiger partial charge < -0.3 is 20.4 Å². The van der Waals surface area contributed by atoms with Gasteiger partial charge in [-0.25, -0.2) is 4.39 Å². The molecule has 1 aromatic heterocycles. The van der Waals surface area contributed by atoms with E-state index < -0.39 is 17.8 Å². The van der Waals surface area contributed by atoms with Gasteiger partial charge in [0, 0.05) is 42.2 Å². The molecular formula is C32H30FN3O4. The number of hydrogen-bond donors (Lipinski definition) is 3. The van der Waals surface area contributed by atoms with Crippen LogP contribution < -0.4 is 15.4 Å². The van der Waals surface area contributed by atoms with Crippen molar-refractivity contribution in [1.29, 1.82) is 0 Å². The third-order valence-corrected chi connectivity index (χ3v) is 7.34.